The molecule has 1 aliphatic heterocycles. The molecule has 2 aliphatic carbocycles. The number of carbonyl (C=O) groups excluding carboxylic acids is 1. The Hall–Kier alpha value is -0.870. The number of rotatable bonds is 2. The summed E-state index contributed by atoms with van der Waals surface area (Å²) in [7, 11) is 1.39. The van der Waals surface area contributed by atoms with Gasteiger partial charge in [-0.3, -0.25) is 0 Å². The molecule has 0 N–H and O–H groups in total. The van der Waals surface area contributed by atoms with E-state index in [-0.39, 0.29) is 12.1 Å². The molecule has 1 saturated heterocycles. The molecule has 1 heterocycles. The number of hydrogen-bond donors (Lipinski definition) is 0. The molecule has 3 rings (SSSR count). The van der Waals surface area contributed by atoms with Crippen LogP contribution in [0, 0.1) is 11.8 Å². The fourth-order valence-electron chi connectivity index (χ4n) is 3.29. The fourth-order valence-corrected chi connectivity index (χ4v) is 3.29. The van der Waals surface area contributed by atoms with Crippen LogP contribution in [0.2, 0.25) is 0 Å². The van der Waals surface area contributed by atoms with Gasteiger partial charge in [0.05, 0.1) is 13.2 Å². The van der Waals surface area contributed by atoms with E-state index in [1.54, 1.807) is 0 Å². The molecule has 2 fully saturated rings. The molecule has 94 valence electrons. The van der Waals surface area contributed by atoms with Crippen LogP contribution in [0.4, 0.5) is 0 Å². The van der Waals surface area contributed by atoms with Crippen LogP contribution in [-0.2, 0) is 19.0 Å². The van der Waals surface area contributed by atoms with E-state index >= 15 is 0 Å². The molecule has 5 atom stereocenters. The summed E-state index contributed by atoms with van der Waals surface area (Å²) in [4.78, 5) is 11.7. The highest BCUT2D eigenvalue weighted by Gasteiger charge is 2.59. The molecule has 2 bridgehead atoms. The molecule has 0 aromatic heterocycles. The molecule has 0 amide bonds. The number of hydrogen-bond acceptors (Lipinski definition) is 4. The van der Waals surface area contributed by atoms with Gasteiger partial charge in [-0.15, -0.1) is 0 Å². The second-order valence-electron chi connectivity index (χ2n) is 5.13. The Kier molecular flexibility index (Phi) is 2.52. The SMILES string of the molecule is CCC1OC2(CC3C=CC2C3)OC1C(=O)OC. The van der Waals surface area contributed by atoms with Crippen molar-refractivity contribution in [1.82, 2.24) is 0 Å². The predicted molar refractivity (Wildman–Crippen MR) is 60.1 cm³/mol. The summed E-state index contributed by atoms with van der Waals surface area (Å²) in [5, 5.41) is 0. The van der Waals surface area contributed by atoms with Gasteiger partial charge in [0.25, 0.3) is 0 Å². The van der Waals surface area contributed by atoms with Gasteiger partial charge in [0.2, 0.25) is 0 Å². The van der Waals surface area contributed by atoms with Crippen molar-refractivity contribution in [2.45, 2.75) is 44.2 Å². The lowest BCUT2D eigenvalue weighted by molar-refractivity contribution is -0.197. The lowest BCUT2D eigenvalue weighted by Gasteiger charge is -2.29. The molecule has 1 saturated carbocycles. The zero-order valence-corrected chi connectivity index (χ0v) is 10.2. The van der Waals surface area contributed by atoms with Gasteiger partial charge in [-0.25, -0.2) is 4.79 Å². The first-order valence-corrected chi connectivity index (χ1v) is 6.30. The van der Waals surface area contributed by atoms with Crippen molar-refractivity contribution in [2.75, 3.05) is 7.11 Å². The van der Waals surface area contributed by atoms with E-state index in [9.17, 15) is 4.79 Å². The van der Waals surface area contributed by atoms with Gasteiger partial charge >= 0.3 is 5.97 Å². The second kappa shape index (κ2) is 3.82. The summed E-state index contributed by atoms with van der Waals surface area (Å²) < 4.78 is 16.8. The Morgan fingerprint density at radius 2 is 2.29 bits per heavy atom. The molecule has 4 nitrogen and oxygen atoms in total. The van der Waals surface area contributed by atoms with Crippen molar-refractivity contribution in [3.63, 3.8) is 0 Å². The van der Waals surface area contributed by atoms with Crippen LogP contribution in [0.25, 0.3) is 0 Å². The molecule has 3 aliphatic rings. The van der Waals surface area contributed by atoms with E-state index in [0.717, 1.165) is 19.3 Å². The standard InChI is InChI=1S/C13H18O4/c1-3-10-11(12(14)15-2)17-13(16-10)7-8-4-5-9(13)6-8/h4-5,8-11H,3,6-7H2,1-2H3. The van der Waals surface area contributed by atoms with E-state index in [0.29, 0.717) is 11.8 Å². The van der Waals surface area contributed by atoms with Crippen LogP contribution in [0.3, 0.4) is 0 Å². The highest BCUT2D eigenvalue weighted by molar-refractivity contribution is 5.75. The smallest absolute Gasteiger partial charge is 0.337 e. The minimum Gasteiger partial charge on any atom is -0.467 e. The lowest BCUT2D eigenvalue weighted by Crippen LogP contribution is -2.36. The third-order valence-corrected chi connectivity index (χ3v) is 4.13. The second-order valence-corrected chi connectivity index (χ2v) is 5.13. The first-order chi connectivity index (χ1) is 8.18. The zero-order valence-electron chi connectivity index (χ0n) is 10.2. The van der Waals surface area contributed by atoms with Crippen LogP contribution in [0.1, 0.15) is 26.2 Å². The number of carbonyl (C=O) groups is 1. The maximum Gasteiger partial charge on any atom is 0.337 e. The molecule has 0 aromatic rings. The van der Waals surface area contributed by atoms with Crippen molar-refractivity contribution in [3.05, 3.63) is 12.2 Å². The van der Waals surface area contributed by atoms with Crippen LogP contribution in [-0.4, -0.2) is 31.1 Å². The largest absolute Gasteiger partial charge is 0.467 e. The molecular formula is C13H18O4. The maximum absolute atomic E-state index is 11.7. The summed E-state index contributed by atoms with van der Waals surface area (Å²) in [5.74, 6) is -0.0236. The van der Waals surface area contributed by atoms with Gasteiger partial charge in [0.15, 0.2) is 11.9 Å². The van der Waals surface area contributed by atoms with E-state index in [1.165, 1.54) is 7.11 Å². The fraction of sp³-hybridized carbons (Fsp3) is 0.769. The van der Waals surface area contributed by atoms with Gasteiger partial charge in [-0.05, 0) is 18.8 Å². The van der Waals surface area contributed by atoms with Crippen LogP contribution in [0.5, 0.6) is 0 Å². The third-order valence-electron chi connectivity index (χ3n) is 4.13. The maximum atomic E-state index is 11.7. The minimum absolute atomic E-state index is 0.171. The van der Waals surface area contributed by atoms with Crippen LogP contribution < -0.4 is 0 Å². The first kappa shape index (κ1) is 11.2. The third kappa shape index (κ3) is 1.54. The Bertz CT molecular complexity index is 364. The molecule has 4 heteroatoms. The van der Waals surface area contributed by atoms with E-state index in [1.807, 2.05) is 6.92 Å². The Labute approximate surface area is 101 Å². The molecular weight excluding hydrogens is 220 g/mol. The van der Waals surface area contributed by atoms with Crippen molar-refractivity contribution >= 4 is 5.97 Å². The highest BCUT2D eigenvalue weighted by Crippen LogP contribution is 2.53. The molecule has 5 unspecified atom stereocenters. The summed E-state index contributed by atoms with van der Waals surface area (Å²) in [6.07, 6.45) is 6.40. The average molecular weight is 238 g/mol. The predicted octanol–water partition coefficient (Wildman–Crippen LogP) is 1.65. The number of esters is 1. The summed E-state index contributed by atoms with van der Waals surface area (Å²) in [6.45, 7) is 2.01. The van der Waals surface area contributed by atoms with Gasteiger partial charge in [0, 0.05) is 12.3 Å². The van der Waals surface area contributed by atoms with Gasteiger partial charge in [-0.2, -0.15) is 0 Å². The minimum atomic E-state index is -0.558. The normalized spacial score (nSPS) is 46.9. The summed E-state index contributed by atoms with van der Waals surface area (Å²) in [6, 6.07) is 0. The quantitative estimate of drug-likeness (QED) is 0.542. The van der Waals surface area contributed by atoms with Gasteiger partial charge < -0.3 is 14.2 Å². The van der Waals surface area contributed by atoms with Crippen molar-refractivity contribution in [3.8, 4) is 0 Å². The molecule has 0 radical (unpaired) electrons. The number of allylic oxidation sites excluding steroid dienone is 1. The van der Waals surface area contributed by atoms with Crippen molar-refractivity contribution in [2.24, 2.45) is 11.8 Å². The number of methoxy groups -OCH3 is 1. The average Bonchev–Trinajstić information content (AvgIpc) is 3.02. The molecule has 17 heavy (non-hydrogen) atoms. The Morgan fingerprint density at radius 3 is 2.82 bits per heavy atom. The number of fused-ring (bicyclic) bond motifs is 3. The Morgan fingerprint density at radius 1 is 1.47 bits per heavy atom. The van der Waals surface area contributed by atoms with Crippen LogP contribution in [0.15, 0.2) is 12.2 Å². The van der Waals surface area contributed by atoms with Crippen LogP contribution >= 0.6 is 0 Å². The summed E-state index contributed by atoms with van der Waals surface area (Å²) in [5.41, 5.74) is 0. The zero-order chi connectivity index (χ0) is 12.0. The van der Waals surface area contributed by atoms with E-state index in [4.69, 9.17) is 14.2 Å². The van der Waals surface area contributed by atoms with Crippen molar-refractivity contribution < 1.29 is 19.0 Å². The van der Waals surface area contributed by atoms with E-state index < -0.39 is 11.9 Å². The van der Waals surface area contributed by atoms with Gasteiger partial charge in [-0.1, -0.05) is 19.1 Å². The monoisotopic (exact) mass is 238 g/mol. The topological polar surface area (TPSA) is 44.8 Å². The van der Waals surface area contributed by atoms with Crippen molar-refractivity contribution in [1.29, 1.82) is 0 Å². The molecule has 1 spiro atoms. The first-order valence-electron chi connectivity index (χ1n) is 6.30. The highest BCUT2D eigenvalue weighted by atomic mass is 16.8. The Balaban J connectivity index is 1.82. The van der Waals surface area contributed by atoms with E-state index in [2.05, 4.69) is 12.2 Å². The number of ether oxygens (including phenoxy) is 3. The van der Waals surface area contributed by atoms with Gasteiger partial charge in [0.1, 0.15) is 0 Å². The lowest BCUT2D eigenvalue weighted by atomic mass is 10.0. The summed E-state index contributed by atoms with van der Waals surface area (Å²) >= 11 is 0. The molecule has 0 aromatic carbocycles.